The van der Waals surface area contributed by atoms with Crippen LogP contribution in [0.15, 0.2) is 12.1 Å². The van der Waals surface area contributed by atoms with E-state index in [2.05, 4.69) is 29.3 Å². The number of carbonyl (C=O) groups excluding carboxylic acids is 1. The smallest absolute Gasteiger partial charge is 0.244 e. The van der Waals surface area contributed by atoms with Crippen molar-refractivity contribution in [3.05, 3.63) is 21.9 Å². The monoisotopic (exact) mass is 306 g/mol. The Labute approximate surface area is 129 Å². The van der Waals surface area contributed by atoms with E-state index in [0.29, 0.717) is 12.5 Å². The number of hydrogen-bond donors (Lipinski definition) is 1. The first kappa shape index (κ1) is 13.7. The number of rotatable bonds is 2. The summed E-state index contributed by atoms with van der Waals surface area (Å²) >= 11 is 1.79. The van der Waals surface area contributed by atoms with Crippen LogP contribution in [0.3, 0.4) is 0 Å². The number of amides is 1. The van der Waals surface area contributed by atoms with Gasteiger partial charge in [0.2, 0.25) is 5.91 Å². The van der Waals surface area contributed by atoms with Gasteiger partial charge in [0.15, 0.2) is 0 Å². The van der Waals surface area contributed by atoms with Crippen molar-refractivity contribution in [3.63, 3.8) is 0 Å². The molecule has 4 nitrogen and oxygen atoms in total. The van der Waals surface area contributed by atoms with Crippen LogP contribution in [0.1, 0.15) is 48.0 Å². The lowest BCUT2D eigenvalue weighted by Gasteiger charge is -2.28. The molecule has 114 valence electrons. The molecule has 1 amide bonds. The summed E-state index contributed by atoms with van der Waals surface area (Å²) in [5, 5.41) is 3.70. The quantitative estimate of drug-likeness (QED) is 0.913. The number of carbonyl (C=O) groups is 1. The fourth-order valence-electron chi connectivity index (χ4n) is 4.02. The summed E-state index contributed by atoms with van der Waals surface area (Å²) in [5.41, 5.74) is -0.300. The second-order valence-corrected chi connectivity index (χ2v) is 7.83. The van der Waals surface area contributed by atoms with E-state index < -0.39 is 0 Å². The van der Waals surface area contributed by atoms with Crippen molar-refractivity contribution in [2.24, 2.45) is 0 Å². The van der Waals surface area contributed by atoms with E-state index >= 15 is 0 Å². The summed E-state index contributed by atoms with van der Waals surface area (Å²) in [6.07, 6.45) is 5.28. The Morgan fingerprint density at radius 2 is 2.19 bits per heavy atom. The minimum atomic E-state index is -0.300. The van der Waals surface area contributed by atoms with Gasteiger partial charge in [0.1, 0.15) is 6.17 Å². The Balaban J connectivity index is 1.70. The standard InChI is InChI=1S/C16H22N2O2S/c1-11-4-5-13(21-11)14-17-16(7-2-3-8-16)15(19)18(14)12-6-9-20-10-12/h4-5,12,14,17H,2-3,6-10H2,1H3. The van der Waals surface area contributed by atoms with E-state index in [1.54, 1.807) is 11.3 Å². The van der Waals surface area contributed by atoms with E-state index in [1.165, 1.54) is 9.75 Å². The third-order valence-corrected chi connectivity index (χ3v) is 6.17. The largest absolute Gasteiger partial charge is 0.379 e. The lowest BCUT2D eigenvalue weighted by molar-refractivity contribution is -0.135. The average molecular weight is 306 g/mol. The molecule has 5 heteroatoms. The van der Waals surface area contributed by atoms with Crippen LogP contribution < -0.4 is 5.32 Å². The lowest BCUT2D eigenvalue weighted by Crippen LogP contribution is -2.45. The second-order valence-electron chi connectivity index (χ2n) is 6.51. The van der Waals surface area contributed by atoms with Gasteiger partial charge < -0.3 is 9.64 Å². The highest BCUT2D eigenvalue weighted by atomic mass is 32.1. The first-order valence-electron chi connectivity index (χ1n) is 7.94. The van der Waals surface area contributed by atoms with Crippen LogP contribution in [-0.2, 0) is 9.53 Å². The van der Waals surface area contributed by atoms with Gasteiger partial charge in [-0.3, -0.25) is 10.1 Å². The lowest BCUT2D eigenvalue weighted by atomic mass is 9.97. The molecule has 1 N–H and O–H groups in total. The summed E-state index contributed by atoms with van der Waals surface area (Å²) in [7, 11) is 0. The highest BCUT2D eigenvalue weighted by Crippen LogP contribution is 2.43. The van der Waals surface area contributed by atoms with Crippen molar-refractivity contribution in [3.8, 4) is 0 Å². The van der Waals surface area contributed by atoms with E-state index in [0.717, 1.165) is 38.7 Å². The van der Waals surface area contributed by atoms with Gasteiger partial charge in [0.25, 0.3) is 0 Å². The Bertz CT molecular complexity index is 544. The van der Waals surface area contributed by atoms with E-state index in [9.17, 15) is 4.79 Å². The number of hydrogen-bond acceptors (Lipinski definition) is 4. The van der Waals surface area contributed by atoms with Gasteiger partial charge in [0, 0.05) is 16.4 Å². The number of ether oxygens (including phenoxy) is 1. The zero-order chi connectivity index (χ0) is 14.4. The molecule has 0 bridgehead atoms. The van der Waals surface area contributed by atoms with Gasteiger partial charge in [-0.2, -0.15) is 0 Å². The van der Waals surface area contributed by atoms with Crippen molar-refractivity contribution in [2.45, 2.75) is 56.8 Å². The first-order valence-corrected chi connectivity index (χ1v) is 8.76. The van der Waals surface area contributed by atoms with Crippen molar-refractivity contribution in [1.29, 1.82) is 0 Å². The van der Waals surface area contributed by atoms with Gasteiger partial charge in [-0.15, -0.1) is 11.3 Å². The van der Waals surface area contributed by atoms with Crippen LogP contribution >= 0.6 is 11.3 Å². The van der Waals surface area contributed by atoms with E-state index in [4.69, 9.17) is 4.74 Å². The molecule has 2 aliphatic heterocycles. The fraction of sp³-hybridized carbons (Fsp3) is 0.688. The summed E-state index contributed by atoms with van der Waals surface area (Å²) in [4.78, 5) is 17.8. The molecule has 1 aliphatic carbocycles. The summed E-state index contributed by atoms with van der Waals surface area (Å²) in [6, 6.07) is 4.55. The molecule has 1 saturated carbocycles. The minimum Gasteiger partial charge on any atom is -0.379 e. The van der Waals surface area contributed by atoms with Crippen LogP contribution in [0, 0.1) is 6.92 Å². The number of nitrogens with one attached hydrogen (secondary N) is 1. The van der Waals surface area contributed by atoms with Gasteiger partial charge >= 0.3 is 0 Å². The van der Waals surface area contributed by atoms with Crippen molar-refractivity contribution >= 4 is 17.2 Å². The van der Waals surface area contributed by atoms with Gasteiger partial charge in [-0.05, 0) is 38.3 Å². The Hall–Kier alpha value is -0.910. The van der Waals surface area contributed by atoms with Crippen LogP contribution in [0.25, 0.3) is 0 Å². The molecule has 1 aromatic heterocycles. The molecule has 21 heavy (non-hydrogen) atoms. The molecular formula is C16H22N2O2S. The number of aryl methyl sites for hydroxylation is 1. The number of nitrogens with zero attached hydrogens (tertiary/aromatic N) is 1. The number of thiophene rings is 1. The maximum Gasteiger partial charge on any atom is 0.244 e. The van der Waals surface area contributed by atoms with E-state index in [1.807, 2.05) is 0 Å². The molecule has 3 heterocycles. The van der Waals surface area contributed by atoms with Crippen LogP contribution in [-0.4, -0.2) is 35.6 Å². The van der Waals surface area contributed by atoms with Crippen molar-refractivity contribution < 1.29 is 9.53 Å². The van der Waals surface area contributed by atoms with Crippen LogP contribution in [0.5, 0.6) is 0 Å². The molecular weight excluding hydrogens is 284 g/mol. The molecule has 2 atom stereocenters. The summed E-state index contributed by atoms with van der Waals surface area (Å²) in [5.74, 6) is 0.312. The zero-order valence-corrected chi connectivity index (χ0v) is 13.2. The second kappa shape index (κ2) is 5.07. The maximum absolute atomic E-state index is 13.1. The van der Waals surface area contributed by atoms with Crippen LogP contribution in [0.2, 0.25) is 0 Å². The predicted molar refractivity (Wildman–Crippen MR) is 82.2 cm³/mol. The first-order chi connectivity index (χ1) is 10.2. The van der Waals surface area contributed by atoms with Gasteiger partial charge in [0.05, 0.1) is 18.2 Å². The molecule has 1 spiro atoms. The molecule has 4 rings (SSSR count). The third-order valence-electron chi connectivity index (χ3n) is 5.12. The summed E-state index contributed by atoms with van der Waals surface area (Å²) in [6.45, 7) is 3.58. The predicted octanol–water partition coefficient (Wildman–Crippen LogP) is 2.59. The Morgan fingerprint density at radius 3 is 2.81 bits per heavy atom. The van der Waals surface area contributed by atoms with Crippen molar-refractivity contribution in [1.82, 2.24) is 10.2 Å². The topological polar surface area (TPSA) is 41.6 Å². The average Bonchev–Trinajstić information content (AvgIpc) is 3.21. The molecule has 3 fully saturated rings. The van der Waals surface area contributed by atoms with Crippen molar-refractivity contribution in [2.75, 3.05) is 13.2 Å². The van der Waals surface area contributed by atoms with Gasteiger partial charge in [-0.25, -0.2) is 0 Å². The summed E-state index contributed by atoms with van der Waals surface area (Å²) < 4.78 is 5.54. The highest BCUT2D eigenvalue weighted by molar-refractivity contribution is 7.12. The molecule has 0 aromatic carbocycles. The zero-order valence-electron chi connectivity index (χ0n) is 12.4. The van der Waals surface area contributed by atoms with E-state index in [-0.39, 0.29) is 17.7 Å². The van der Waals surface area contributed by atoms with Crippen LogP contribution in [0.4, 0.5) is 0 Å². The Morgan fingerprint density at radius 1 is 1.38 bits per heavy atom. The molecule has 1 aromatic rings. The third kappa shape index (κ3) is 2.14. The molecule has 0 radical (unpaired) electrons. The molecule has 2 unspecified atom stereocenters. The fourth-order valence-corrected chi connectivity index (χ4v) is 4.95. The highest BCUT2D eigenvalue weighted by Gasteiger charge is 2.55. The SMILES string of the molecule is Cc1ccc(C2NC3(CCCC3)C(=O)N2C2CCOC2)s1. The minimum absolute atomic E-state index is 0.0426. The normalized spacial score (nSPS) is 31.7. The van der Waals surface area contributed by atoms with Gasteiger partial charge in [-0.1, -0.05) is 12.8 Å². The molecule has 2 saturated heterocycles. The maximum atomic E-state index is 13.1. The Kier molecular flexibility index (Phi) is 3.32. The molecule has 3 aliphatic rings.